The van der Waals surface area contributed by atoms with Gasteiger partial charge in [0.1, 0.15) is 5.78 Å². The number of hydrogen-bond acceptors (Lipinski definition) is 3. The van der Waals surface area contributed by atoms with Crippen LogP contribution < -0.4 is 5.84 Å². The van der Waals surface area contributed by atoms with Gasteiger partial charge in [0.2, 0.25) is 5.91 Å². The Morgan fingerprint density at radius 2 is 2.18 bits per heavy atom. The molecular formula is C4H9N2O4P. The van der Waals surface area contributed by atoms with Crippen molar-refractivity contribution in [3.63, 3.8) is 0 Å². The van der Waals surface area contributed by atoms with E-state index in [4.69, 9.17) is 15.6 Å². The van der Waals surface area contributed by atoms with Crippen LogP contribution >= 0.6 is 7.60 Å². The Labute approximate surface area is 63.1 Å². The van der Waals surface area contributed by atoms with Crippen molar-refractivity contribution in [3.05, 3.63) is 0 Å². The largest absolute Gasteiger partial charge is 0.349 e. The van der Waals surface area contributed by atoms with E-state index in [1.165, 1.54) is 0 Å². The molecule has 1 saturated heterocycles. The van der Waals surface area contributed by atoms with E-state index in [0.29, 0.717) is 5.01 Å². The summed E-state index contributed by atoms with van der Waals surface area (Å²) in [6, 6.07) is 0. The summed E-state index contributed by atoms with van der Waals surface area (Å²) in [4.78, 5) is 28.0. The van der Waals surface area contributed by atoms with Crippen molar-refractivity contribution in [2.24, 2.45) is 5.84 Å². The maximum atomic E-state index is 10.7. The van der Waals surface area contributed by atoms with Gasteiger partial charge in [-0.05, 0) is 6.42 Å². The molecule has 0 aliphatic carbocycles. The number of rotatable bonds is 1. The standard InChI is InChI=1S/C4H9N2O4P/c5-6-3(7)1-2-4(6)11(8,9)10/h4H,1-2,5H2,(H2,8,9,10). The number of nitrogens with zero attached hydrogens (tertiary/aromatic N) is 1. The molecule has 11 heavy (non-hydrogen) atoms. The molecule has 0 bridgehead atoms. The Morgan fingerprint density at radius 3 is 2.36 bits per heavy atom. The van der Waals surface area contributed by atoms with Gasteiger partial charge in [-0.1, -0.05) is 0 Å². The molecule has 4 N–H and O–H groups in total. The summed E-state index contributed by atoms with van der Waals surface area (Å²) in [5.74, 6) is 3.57. The van der Waals surface area contributed by atoms with Gasteiger partial charge in [0.05, 0.1) is 0 Å². The predicted molar refractivity (Wildman–Crippen MR) is 36.1 cm³/mol. The maximum absolute atomic E-state index is 10.7. The van der Waals surface area contributed by atoms with Crippen LogP contribution in [0.3, 0.4) is 0 Å². The smallest absolute Gasteiger partial charge is 0.323 e. The minimum Gasteiger partial charge on any atom is -0.323 e. The average Bonchev–Trinajstić information content (AvgIpc) is 2.11. The molecule has 64 valence electrons. The van der Waals surface area contributed by atoms with Gasteiger partial charge in [-0.2, -0.15) is 0 Å². The number of carbonyl (C=O) groups is 1. The molecule has 1 amide bonds. The molecule has 0 spiro atoms. The number of amides is 1. The van der Waals surface area contributed by atoms with Crippen molar-refractivity contribution in [2.45, 2.75) is 18.6 Å². The average molecular weight is 180 g/mol. The highest BCUT2D eigenvalue weighted by Crippen LogP contribution is 2.46. The molecule has 1 unspecified atom stereocenters. The zero-order chi connectivity index (χ0) is 8.65. The van der Waals surface area contributed by atoms with Crippen LogP contribution in [0, 0.1) is 0 Å². The first kappa shape index (κ1) is 8.67. The predicted octanol–water partition coefficient (Wildman–Crippen LogP) is -1.01. The monoisotopic (exact) mass is 180 g/mol. The van der Waals surface area contributed by atoms with Crippen LogP contribution in [0.15, 0.2) is 0 Å². The number of hydrazine groups is 1. The van der Waals surface area contributed by atoms with Crippen molar-refractivity contribution < 1.29 is 19.1 Å². The first-order chi connectivity index (χ1) is 4.93. The first-order valence-electron chi connectivity index (χ1n) is 3.05. The molecule has 7 heteroatoms. The molecule has 1 aliphatic rings. The summed E-state index contributed by atoms with van der Waals surface area (Å²) in [5.41, 5.74) is 0. The van der Waals surface area contributed by atoms with Gasteiger partial charge < -0.3 is 9.79 Å². The summed E-state index contributed by atoms with van der Waals surface area (Å²) in [5, 5.41) is 0.626. The fourth-order valence-electron chi connectivity index (χ4n) is 1.02. The van der Waals surface area contributed by atoms with Crippen LogP contribution in [-0.4, -0.2) is 26.5 Å². The summed E-state index contributed by atoms with van der Waals surface area (Å²) in [7, 11) is -4.23. The molecule has 1 rings (SSSR count). The summed E-state index contributed by atoms with van der Waals surface area (Å²) >= 11 is 0. The number of hydrogen-bond donors (Lipinski definition) is 3. The van der Waals surface area contributed by atoms with E-state index in [-0.39, 0.29) is 12.8 Å². The van der Waals surface area contributed by atoms with E-state index < -0.39 is 19.3 Å². The summed E-state index contributed by atoms with van der Waals surface area (Å²) in [6.45, 7) is 0. The normalized spacial score (nSPS) is 26.3. The van der Waals surface area contributed by atoms with Gasteiger partial charge in [-0.15, -0.1) is 0 Å². The van der Waals surface area contributed by atoms with Crippen LogP contribution in [0.4, 0.5) is 0 Å². The van der Waals surface area contributed by atoms with Gasteiger partial charge in [0, 0.05) is 6.42 Å². The topological polar surface area (TPSA) is 104 Å². The molecule has 0 aromatic carbocycles. The molecule has 1 atom stereocenters. The molecular weight excluding hydrogens is 171 g/mol. The number of nitrogens with two attached hydrogens (primary N) is 1. The molecule has 1 aliphatic heterocycles. The Balaban J connectivity index is 2.78. The third-order valence-electron chi connectivity index (χ3n) is 1.61. The second kappa shape index (κ2) is 2.57. The van der Waals surface area contributed by atoms with Gasteiger partial charge in [-0.3, -0.25) is 14.4 Å². The Kier molecular flexibility index (Phi) is 2.02. The summed E-state index contributed by atoms with van der Waals surface area (Å²) < 4.78 is 10.6. The highest BCUT2D eigenvalue weighted by atomic mass is 31.2. The lowest BCUT2D eigenvalue weighted by molar-refractivity contribution is -0.128. The third-order valence-corrected chi connectivity index (χ3v) is 2.90. The SMILES string of the molecule is NN1C(=O)CCC1P(=O)(O)O. The molecule has 0 aromatic heterocycles. The highest BCUT2D eigenvalue weighted by molar-refractivity contribution is 7.52. The zero-order valence-corrected chi connectivity index (χ0v) is 6.57. The van der Waals surface area contributed by atoms with E-state index in [0.717, 1.165) is 0 Å². The molecule has 0 aromatic rings. The van der Waals surface area contributed by atoms with Crippen molar-refractivity contribution in [1.29, 1.82) is 0 Å². The highest BCUT2D eigenvalue weighted by Gasteiger charge is 2.40. The third kappa shape index (κ3) is 1.59. The van der Waals surface area contributed by atoms with Gasteiger partial charge in [0.25, 0.3) is 0 Å². The van der Waals surface area contributed by atoms with Gasteiger partial charge in [0.15, 0.2) is 0 Å². The minimum atomic E-state index is -4.23. The molecule has 1 heterocycles. The molecule has 0 radical (unpaired) electrons. The Morgan fingerprint density at radius 1 is 1.64 bits per heavy atom. The molecule has 6 nitrogen and oxygen atoms in total. The zero-order valence-electron chi connectivity index (χ0n) is 5.67. The van der Waals surface area contributed by atoms with E-state index >= 15 is 0 Å². The fraction of sp³-hybridized carbons (Fsp3) is 0.750. The minimum absolute atomic E-state index is 0.117. The van der Waals surface area contributed by atoms with Crippen LogP contribution in [0.1, 0.15) is 12.8 Å². The van der Waals surface area contributed by atoms with Crippen LogP contribution in [0.5, 0.6) is 0 Å². The first-order valence-corrected chi connectivity index (χ1v) is 4.73. The molecule has 1 fully saturated rings. The second-order valence-electron chi connectivity index (χ2n) is 2.41. The Bertz CT molecular complexity index is 224. The summed E-state index contributed by atoms with van der Waals surface area (Å²) in [6.07, 6.45) is 0.256. The Hall–Kier alpha value is -0.420. The van der Waals surface area contributed by atoms with Crippen LogP contribution in [0.2, 0.25) is 0 Å². The van der Waals surface area contributed by atoms with Crippen LogP contribution in [0.25, 0.3) is 0 Å². The lowest BCUT2D eigenvalue weighted by Crippen LogP contribution is -2.38. The van der Waals surface area contributed by atoms with E-state index in [1.807, 2.05) is 0 Å². The van der Waals surface area contributed by atoms with E-state index in [1.54, 1.807) is 0 Å². The fourth-order valence-corrected chi connectivity index (χ4v) is 1.94. The van der Waals surface area contributed by atoms with Crippen molar-refractivity contribution in [1.82, 2.24) is 5.01 Å². The maximum Gasteiger partial charge on any atom is 0.349 e. The van der Waals surface area contributed by atoms with E-state index in [9.17, 15) is 9.36 Å². The van der Waals surface area contributed by atoms with Gasteiger partial charge in [-0.25, -0.2) is 5.84 Å². The number of carbonyl (C=O) groups excluding carboxylic acids is 1. The van der Waals surface area contributed by atoms with Crippen molar-refractivity contribution in [3.8, 4) is 0 Å². The van der Waals surface area contributed by atoms with Crippen molar-refractivity contribution in [2.75, 3.05) is 0 Å². The lowest BCUT2D eigenvalue weighted by Gasteiger charge is -2.19. The van der Waals surface area contributed by atoms with Gasteiger partial charge >= 0.3 is 7.60 Å². The van der Waals surface area contributed by atoms with Crippen molar-refractivity contribution >= 4 is 13.5 Å². The lowest BCUT2D eigenvalue weighted by atomic mass is 10.4. The quantitative estimate of drug-likeness (QED) is 0.272. The van der Waals surface area contributed by atoms with E-state index in [2.05, 4.69) is 0 Å². The molecule has 0 saturated carbocycles. The van der Waals surface area contributed by atoms with Crippen LogP contribution in [-0.2, 0) is 9.36 Å². The second-order valence-corrected chi connectivity index (χ2v) is 4.18.